The third-order valence-electron chi connectivity index (χ3n) is 2.48. The number of ether oxygens (including phenoxy) is 1. The number of halogens is 1. The molecule has 0 atom stereocenters. The Hall–Kier alpha value is -0.840. The van der Waals surface area contributed by atoms with E-state index in [4.69, 9.17) is 10.5 Å². The first-order valence-electron chi connectivity index (χ1n) is 5.35. The van der Waals surface area contributed by atoms with Crippen LogP contribution in [0.4, 0.5) is 0 Å². The van der Waals surface area contributed by atoms with E-state index in [1.54, 1.807) is 11.3 Å². The molecule has 0 radical (unpaired) electrons. The lowest BCUT2D eigenvalue weighted by molar-refractivity contribution is 0.306. The first-order valence-corrected chi connectivity index (χ1v) is 6.96. The Morgan fingerprint density at radius 3 is 2.59 bits per heavy atom. The number of aryl methyl sites for hydroxylation is 1. The third kappa shape index (κ3) is 3.31. The molecule has 0 saturated carbocycles. The van der Waals surface area contributed by atoms with Crippen LogP contribution in [0.3, 0.4) is 0 Å². The zero-order chi connectivity index (χ0) is 12.3. The normalized spacial score (nSPS) is 10.5. The van der Waals surface area contributed by atoms with Gasteiger partial charge >= 0.3 is 0 Å². The molecule has 4 heteroatoms. The van der Waals surface area contributed by atoms with Crippen LogP contribution in [0.15, 0.2) is 34.8 Å². The molecule has 0 spiro atoms. The van der Waals surface area contributed by atoms with Gasteiger partial charge in [-0.1, -0.05) is 15.9 Å². The van der Waals surface area contributed by atoms with Gasteiger partial charge in [-0.2, -0.15) is 0 Å². The molecule has 0 unspecified atom stereocenters. The largest absolute Gasteiger partial charge is 0.489 e. The number of hydrogen-bond acceptors (Lipinski definition) is 3. The van der Waals surface area contributed by atoms with Crippen LogP contribution < -0.4 is 10.5 Å². The number of hydrogen-bond donors (Lipinski definition) is 1. The second-order valence-electron chi connectivity index (χ2n) is 3.74. The topological polar surface area (TPSA) is 35.2 Å². The van der Waals surface area contributed by atoms with Crippen molar-refractivity contribution in [2.75, 3.05) is 0 Å². The molecule has 1 heterocycles. The molecular weight excluding hydrogens is 298 g/mol. The Balaban J connectivity index is 2.01. The van der Waals surface area contributed by atoms with Crippen molar-refractivity contribution in [2.24, 2.45) is 5.73 Å². The summed E-state index contributed by atoms with van der Waals surface area (Å²) in [7, 11) is 0. The second kappa shape index (κ2) is 5.67. The maximum absolute atomic E-state index is 5.73. The summed E-state index contributed by atoms with van der Waals surface area (Å²) in [5, 5.41) is 0. The van der Waals surface area contributed by atoms with Gasteiger partial charge in [0, 0.05) is 26.3 Å². The SMILES string of the molecule is Cc1sc(CN)cc1COc1ccc(Br)cc1. The Labute approximate surface area is 114 Å². The van der Waals surface area contributed by atoms with Crippen molar-refractivity contribution in [3.8, 4) is 5.75 Å². The van der Waals surface area contributed by atoms with Crippen molar-refractivity contribution in [1.29, 1.82) is 0 Å². The molecule has 0 saturated heterocycles. The number of thiophene rings is 1. The molecule has 2 rings (SSSR count). The fourth-order valence-corrected chi connectivity index (χ4v) is 2.71. The molecule has 2 nitrogen and oxygen atoms in total. The van der Waals surface area contributed by atoms with Crippen molar-refractivity contribution in [2.45, 2.75) is 20.1 Å². The van der Waals surface area contributed by atoms with Gasteiger partial charge in [-0.3, -0.25) is 0 Å². The van der Waals surface area contributed by atoms with Crippen LogP contribution in [0.2, 0.25) is 0 Å². The van der Waals surface area contributed by atoms with Crippen LogP contribution in [-0.2, 0) is 13.2 Å². The molecule has 0 aliphatic rings. The summed E-state index contributed by atoms with van der Waals surface area (Å²) in [5.74, 6) is 0.882. The highest BCUT2D eigenvalue weighted by atomic mass is 79.9. The lowest BCUT2D eigenvalue weighted by Gasteiger charge is -2.05. The van der Waals surface area contributed by atoms with E-state index in [0.717, 1.165) is 10.2 Å². The summed E-state index contributed by atoms with van der Waals surface area (Å²) >= 11 is 5.14. The Kier molecular flexibility index (Phi) is 4.20. The van der Waals surface area contributed by atoms with E-state index in [1.165, 1.54) is 15.3 Å². The summed E-state index contributed by atoms with van der Waals surface area (Å²) in [6.07, 6.45) is 0. The zero-order valence-electron chi connectivity index (χ0n) is 9.57. The lowest BCUT2D eigenvalue weighted by atomic mass is 10.2. The maximum Gasteiger partial charge on any atom is 0.119 e. The average molecular weight is 312 g/mol. The molecule has 0 aliphatic carbocycles. The van der Waals surface area contributed by atoms with Gasteiger partial charge < -0.3 is 10.5 Å². The molecule has 17 heavy (non-hydrogen) atoms. The summed E-state index contributed by atoms with van der Waals surface area (Å²) in [6.45, 7) is 3.30. The maximum atomic E-state index is 5.73. The van der Waals surface area contributed by atoms with Crippen LogP contribution >= 0.6 is 27.3 Å². The molecule has 2 aromatic rings. The fraction of sp³-hybridized carbons (Fsp3) is 0.231. The van der Waals surface area contributed by atoms with Gasteiger partial charge in [-0.15, -0.1) is 11.3 Å². The highest BCUT2D eigenvalue weighted by Crippen LogP contribution is 2.23. The van der Waals surface area contributed by atoms with E-state index in [2.05, 4.69) is 28.9 Å². The van der Waals surface area contributed by atoms with Gasteiger partial charge in [0.2, 0.25) is 0 Å². The van der Waals surface area contributed by atoms with Crippen molar-refractivity contribution in [3.63, 3.8) is 0 Å². The van der Waals surface area contributed by atoms with Crippen molar-refractivity contribution in [3.05, 3.63) is 50.1 Å². The van der Waals surface area contributed by atoms with E-state index in [-0.39, 0.29) is 0 Å². The molecule has 1 aromatic carbocycles. The highest BCUT2D eigenvalue weighted by molar-refractivity contribution is 9.10. The van der Waals surface area contributed by atoms with Crippen LogP contribution in [0.25, 0.3) is 0 Å². The minimum atomic E-state index is 0.601. The predicted molar refractivity (Wildman–Crippen MR) is 75.4 cm³/mol. The molecule has 0 fully saturated rings. The van der Waals surface area contributed by atoms with Crippen LogP contribution in [0, 0.1) is 6.92 Å². The van der Waals surface area contributed by atoms with Crippen LogP contribution in [0.1, 0.15) is 15.3 Å². The minimum absolute atomic E-state index is 0.601. The quantitative estimate of drug-likeness (QED) is 0.930. The monoisotopic (exact) mass is 311 g/mol. The standard InChI is InChI=1S/C13H14BrNOS/c1-9-10(6-13(7-15)17-9)8-16-12-4-2-11(14)3-5-12/h2-6H,7-8,15H2,1H3. The Morgan fingerprint density at radius 1 is 1.29 bits per heavy atom. The number of benzene rings is 1. The number of nitrogens with two attached hydrogens (primary N) is 1. The van der Waals surface area contributed by atoms with Gasteiger partial charge in [0.25, 0.3) is 0 Å². The van der Waals surface area contributed by atoms with Gasteiger partial charge in [-0.05, 0) is 37.3 Å². The van der Waals surface area contributed by atoms with Crippen molar-refractivity contribution >= 4 is 27.3 Å². The van der Waals surface area contributed by atoms with E-state index in [1.807, 2.05) is 24.3 Å². The fourth-order valence-electron chi connectivity index (χ4n) is 1.52. The van der Waals surface area contributed by atoms with E-state index in [9.17, 15) is 0 Å². The first-order chi connectivity index (χ1) is 8.19. The van der Waals surface area contributed by atoms with Crippen LogP contribution in [0.5, 0.6) is 5.75 Å². The van der Waals surface area contributed by atoms with Gasteiger partial charge in [0.1, 0.15) is 12.4 Å². The van der Waals surface area contributed by atoms with Gasteiger partial charge in [-0.25, -0.2) is 0 Å². The zero-order valence-corrected chi connectivity index (χ0v) is 12.0. The average Bonchev–Trinajstić information content (AvgIpc) is 2.69. The van der Waals surface area contributed by atoms with Gasteiger partial charge in [0.15, 0.2) is 0 Å². The van der Waals surface area contributed by atoms with E-state index < -0.39 is 0 Å². The highest BCUT2D eigenvalue weighted by Gasteiger charge is 2.05. The molecule has 0 bridgehead atoms. The summed E-state index contributed by atoms with van der Waals surface area (Å²) in [5.41, 5.74) is 6.84. The third-order valence-corrected chi connectivity index (χ3v) is 4.12. The van der Waals surface area contributed by atoms with Gasteiger partial charge in [0.05, 0.1) is 0 Å². The van der Waals surface area contributed by atoms with Crippen LogP contribution in [-0.4, -0.2) is 0 Å². The Bertz CT molecular complexity index is 493. The van der Waals surface area contributed by atoms with Crippen molar-refractivity contribution in [1.82, 2.24) is 0 Å². The molecular formula is C13H14BrNOS. The second-order valence-corrected chi connectivity index (χ2v) is 6.00. The molecule has 0 amide bonds. The Morgan fingerprint density at radius 2 is 2.00 bits per heavy atom. The first kappa shape index (κ1) is 12.6. The molecule has 0 aliphatic heterocycles. The summed E-state index contributed by atoms with van der Waals surface area (Å²) < 4.78 is 6.79. The molecule has 90 valence electrons. The van der Waals surface area contributed by atoms with Crippen molar-refractivity contribution < 1.29 is 4.74 Å². The smallest absolute Gasteiger partial charge is 0.119 e. The molecule has 2 N–H and O–H groups in total. The number of rotatable bonds is 4. The van der Waals surface area contributed by atoms with E-state index in [0.29, 0.717) is 13.2 Å². The lowest BCUT2D eigenvalue weighted by Crippen LogP contribution is -1.95. The molecule has 1 aromatic heterocycles. The van der Waals surface area contributed by atoms with E-state index >= 15 is 0 Å². The summed E-state index contributed by atoms with van der Waals surface area (Å²) in [4.78, 5) is 2.49. The predicted octanol–water partition coefficient (Wildman–Crippen LogP) is 3.86. The minimum Gasteiger partial charge on any atom is -0.489 e. The summed E-state index contributed by atoms with van der Waals surface area (Å²) in [6, 6.07) is 9.98.